The molecule has 0 spiro atoms. The molecule has 1 saturated heterocycles. The Balaban J connectivity index is 1.08. The number of anilines is 3. The summed E-state index contributed by atoms with van der Waals surface area (Å²) >= 11 is 0. The molecule has 0 saturated carbocycles. The number of nitrogens with zero attached hydrogens (tertiary/aromatic N) is 4. The molecule has 0 aromatic heterocycles. The lowest BCUT2D eigenvalue weighted by Crippen LogP contribution is -2.40. The molecule has 5 aromatic rings. The summed E-state index contributed by atoms with van der Waals surface area (Å²) in [6.45, 7) is 5.90. The lowest BCUT2D eigenvalue weighted by molar-refractivity contribution is 0.00206. The van der Waals surface area contributed by atoms with Crippen LogP contribution in [-0.4, -0.2) is 83.5 Å². The third kappa shape index (κ3) is 7.31. The number of hydrogen-bond acceptors (Lipinski definition) is 9. The van der Waals surface area contributed by atoms with E-state index >= 15 is 0 Å². The van der Waals surface area contributed by atoms with Gasteiger partial charge in [0.1, 0.15) is 0 Å². The van der Waals surface area contributed by atoms with Crippen LogP contribution in [0.1, 0.15) is 44.3 Å². The standard InChI is InChI=1S/C43H42N4O6/c48-42-37-13-7-12-36-35(18-19-38(41(36)37)43(49)46(42)33-8-3-1-4-9-33)39-30-40(47(44-39)34-10-5-2-6-11-34)31-14-16-32(17-15-31)45-20-22-50-24-26-52-28-29-53-27-25-51-23-21-45/h1-19,40H,20-30H2. The second-order valence-electron chi connectivity index (χ2n) is 13.1. The van der Waals surface area contributed by atoms with Crippen LogP contribution in [0.3, 0.4) is 0 Å². The van der Waals surface area contributed by atoms with Crippen molar-refractivity contribution >= 4 is 45.4 Å². The molecule has 1 unspecified atom stereocenters. The van der Waals surface area contributed by atoms with Crippen LogP contribution in [0.25, 0.3) is 10.8 Å². The van der Waals surface area contributed by atoms with Gasteiger partial charge in [-0.05, 0) is 59.5 Å². The zero-order valence-corrected chi connectivity index (χ0v) is 29.6. The molecule has 5 aromatic carbocycles. The van der Waals surface area contributed by atoms with Gasteiger partial charge in [0.15, 0.2) is 0 Å². The van der Waals surface area contributed by atoms with E-state index in [-0.39, 0.29) is 17.9 Å². The average Bonchev–Trinajstić information content (AvgIpc) is 3.64. The van der Waals surface area contributed by atoms with Gasteiger partial charge in [-0.2, -0.15) is 5.10 Å². The largest absolute Gasteiger partial charge is 0.377 e. The number of benzene rings is 5. The molecule has 8 rings (SSSR count). The van der Waals surface area contributed by atoms with Gasteiger partial charge in [-0.1, -0.05) is 66.7 Å². The maximum Gasteiger partial charge on any atom is 0.265 e. The van der Waals surface area contributed by atoms with E-state index in [4.69, 9.17) is 24.0 Å². The Hall–Kier alpha value is -5.39. The Morgan fingerprint density at radius 1 is 0.509 bits per heavy atom. The normalized spacial score (nSPS) is 19.2. The minimum Gasteiger partial charge on any atom is -0.377 e. The van der Waals surface area contributed by atoms with Crippen molar-refractivity contribution in [1.82, 2.24) is 0 Å². The predicted octanol–water partition coefficient (Wildman–Crippen LogP) is 6.88. The molecule has 3 aliphatic rings. The fraction of sp³-hybridized carbons (Fsp3) is 0.279. The fourth-order valence-corrected chi connectivity index (χ4v) is 7.30. The lowest BCUT2D eigenvalue weighted by Gasteiger charge is -2.27. The van der Waals surface area contributed by atoms with Crippen molar-refractivity contribution in [2.75, 3.05) is 80.8 Å². The molecule has 3 heterocycles. The Morgan fingerprint density at radius 2 is 1.06 bits per heavy atom. The number of hydrazone groups is 1. The van der Waals surface area contributed by atoms with Gasteiger partial charge in [-0.25, -0.2) is 4.90 Å². The highest BCUT2D eigenvalue weighted by molar-refractivity contribution is 6.36. The van der Waals surface area contributed by atoms with Crippen molar-refractivity contribution in [2.24, 2.45) is 5.10 Å². The summed E-state index contributed by atoms with van der Waals surface area (Å²) in [6, 6.07) is 37.4. The highest BCUT2D eigenvalue weighted by Gasteiger charge is 2.36. The first kappa shape index (κ1) is 34.7. The van der Waals surface area contributed by atoms with Gasteiger partial charge in [-0.15, -0.1) is 0 Å². The van der Waals surface area contributed by atoms with Crippen LogP contribution in [0.2, 0.25) is 0 Å². The minimum atomic E-state index is -0.325. The predicted molar refractivity (Wildman–Crippen MR) is 206 cm³/mol. The molecule has 3 aliphatic heterocycles. The van der Waals surface area contributed by atoms with Crippen molar-refractivity contribution in [2.45, 2.75) is 12.5 Å². The van der Waals surface area contributed by atoms with E-state index in [9.17, 15) is 9.59 Å². The average molecular weight is 711 g/mol. The van der Waals surface area contributed by atoms with Crippen molar-refractivity contribution < 1.29 is 28.5 Å². The highest BCUT2D eigenvalue weighted by Crippen LogP contribution is 2.40. The summed E-state index contributed by atoms with van der Waals surface area (Å²) in [5, 5.41) is 8.84. The summed E-state index contributed by atoms with van der Waals surface area (Å²) in [6.07, 6.45) is 0.639. The molecule has 0 bridgehead atoms. The number of rotatable bonds is 5. The van der Waals surface area contributed by atoms with Crippen LogP contribution >= 0.6 is 0 Å². The first-order valence-electron chi connectivity index (χ1n) is 18.2. The number of ether oxygens (including phenoxy) is 4. The number of amides is 2. The van der Waals surface area contributed by atoms with E-state index < -0.39 is 0 Å². The maximum absolute atomic E-state index is 13.8. The Morgan fingerprint density at radius 3 is 1.68 bits per heavy atom. The van der Waals surface area contributed by atoms with Crippen molar-refractivity contribution in [3.8, 4) is 0 Å². The third-order valence-corrected chi connectivity index (χ3v) is 9.93. The fourth-order valence-electron chi connectivity index (χ4n) is 7.30. The first-order valence-corrected chi connectivity index (χ1v) is 18.2. The van der Waals surface area contributed by atoms with Gasteiger partial charge in [0.05, 0.1) is 76.0 Å². The van der Waals surface area contributed by atoms with E-state index in [0.29, 0.717) is 81.5 Å². The van der Waals surface area contributed by atoms with Crippen LogP contribution in [0, 0.1) is 0 Å². The monoisotopic (exact) mass is 710 g/mol. The Labute approximate surface area is 309 Å². The minimum absolute atomic E-state index is 0.0707. The van der Waals surface area contributed by atoms with Gasteiger partial charge in [0.2, 0.25) is 0 Å². The van der Waals surface area contributed by atoms with Gasteiger partial charge in [0.25, 0.3) is 11.8 Å². The molecule has 0 N–H and O–H groups in total. The van der Waals surface area contributed by atoms with Crippen LogP contribution in [0.4, 0.5) is 17.1 Å². The molecule has 10 heteroatoms. The van der Waals surface area contributed by atoms with Crippen LogP contribution in [0.5, 0.6) is 0 Å². The Bertz CT molecular complexity index is 2050. The smallest absolute Gasteiger partial charge is 0.265 e. The molecule has 0 radical (unpaired) electrons. The molecule has 53 heavy (non-hydrogen) atoms. The number of carbonyl (C=O) groups excluding carboxylic acids is 2. The van der Waals surface area contributed by atoms with E-state index in [0.717, 1.165) is 46.7 Å². The molecular weight excluding hydrogens is 668 g/mol. The number of imide groups is 1. The SMILES string of the molecule is O=C1c2cccc3c(C4=NN(c5ccccc5)C(c5ccc(N6CCOCCOCCOCCOCC6)cc5)C4)ccc(c23)C(=O)N1c1ccccc1. The van der Waals surface area contributed by atoms with Crippen molar-refractivity contribution in [3.63, 3.8) is 0 Å². The zero-order chi connectivity index (χ0) is 36.0. The number of carbonyl (C=O) groups is 2. The van der Waals surface area contributed by atoms with Gasteiger partial charge >= 0.3 is 0 Å². The molecule has 10 nitrogen and oxygen atoms in total. The zero-order valence-electron chi connectivity index (χ0n) is 29.6. The van der Waals surface area contributed by atoms with E-state index in [1.807, 2.05) is 60.7 Å². The van der Waals surface area contributed by atoms with Gasteiger partial charge in [-0.3, -0.25) is 14.6 Å². The van der Waals surface area contributed by atoms with Crippen LogP contribution in [0.15, 0.2) is 120 Å². The second kappa shape index (κ2) is 16.1. The van der Waals surface area contributed by atoms with Crippen LogP contribution in [-0.2, 0) is 18.9 Å². The summed E-state index contributed by atoms with van der Waals surface area (Å²) in [7, 11) is 0. The topological polar surface area (TPSA) is 93.1 Å². The Kier molecular flexibility index (Phi) is 10.5. The summed E-state index contributed by atoms with van der Waals surface area (Å²) in [5.41, 5.74) is 6.58. The summed E-state index contributed by atoms with van der Waals surface area (Å²) < 4.78 is 22.9. The summed E-state index contributed by atoms with van der Waals surface area (Å²) in [5.74, 6) is -0.651. The van der Waals surface area contributed by atoms with Crippen molar-refractivity contribution in [1.29, 1.82) is 0 Å². The van der Waals surface area contributed by atoms with E-state index in [2.05, 4.69) is 46.3 Å². The highest BCUT2D eigenvalue weighted by atomic mass is 16.6. The molecule has 1 atom stereocenters. The van der Waals surface area contributed by atoms with Crippen LogP contribution < -0.4 is 14.8 Å². The van der Waals surface area contributed by atoms with E-state index in [1.54, 1.807) is 18.2 Å². The molecule has 270 valence electrons. The van der Waals surface area contributed by atoms with E-state index in [1.165, 1.54) is 4.90 Å². The van der Waals surface area contributed by atoms with Gasteiger partial charge < -0.3 is 23.8 Å². The van der Waals surface area contributed by atoms with Gasteiger partial charge in [0, 0.05) is 47.3 Å². The number of hydrogen-bond donors (Lipinski definition) is 0. The molecule has 0 aliphatic carbocycles. The first-order chi connectivity index (χ1) is 26.2. The summed E-state index contributed by atoms with van der Waals surface area (Å²) in [4.78, 5) is 31.2. The molecule has 1 fully saturated rings. The third-order valence-electron chi connectivity index (χ3n) is 9.93. The lowest BCUT2D eigenvalue weighted by atomic mass is 9.88. The second-order valence-corrected chi connectivity index (χ2v) is 13.1. The maximum atomic E-state index is 13.8. The quantitative estimate of drug-likeness (QED) is 0.182. The number of para-hydroxylation sites is 2. The molecular formula is C43H42N4O6. The molecule has 2 amide bonds. The van der Waals surface area contributed by atoms with Crippen molar-refractivity contribution in [3.05, 3.63) is 138 Å².